The maximum atomic E-state index is 13.5. The zero-order valence-electron chi connectivity index (χ0n) is 21.0. The van der Waals surface area contributed by atoms with Crippen molar-refractivity contribution in [2.45, 2.75) is 69.9 Å². The topological polar surface area (TPSA) is 55.9 Å². The largest absolute Gasteiger partial charge is 0.358 e. The van der Waals surface area contributed by atoms with Gasteiger partial charge >= 0.3 is 6.03 Å². The van der Waals surface area contributed by atoms with Gasteiger partial charge in [0.15, 0.2) is 0 Å². The highest BCUT2D eigenvalue weighted by Crippen LogP contribution is 2.50. The number of urea groups is 1. The molecule has 6 nitrogen and oxygen atoms in total. The van der Waals surface area contributed by atoms with E-state index in [-0.39, 0.29) is 29.6 Å². The first kappa shape index (κ1) is 24.1. The number of benzene rings is 1. The average molecular weight is 455 g/mol. The van der Waals surface area contributed by atoms with E-state index in [0.29, 0.717) is 18.4 Å². The Kier molecular flexibility index (Phi) is 7.04. The van der Waals surface area contributed by atoms with Crippen LogP contribution < -0.4 is 5.32 Å². The van der Waals surface area contributed by atoms with Crippen LogP contribution in [0, 0.1) is 11.8 Å². The van der Waals surface area contributed by atoms with E-state index in [0.717, 1.165) is 38.8 Å². The van der Waals surface area contributed by atoms with Gasteiger partial charge in [-0.3, -0.25) is 9.69 Å². The Hall–Kier alpha value is -2.08. The zero-order chi connectivity index (χ0) is 23.6. The molecule has 1 aromatic carbocycles. The molecule has 0 aromatic heterocycles. The maximum Gasteiger partial charge on any atom is 0.321 e. The van der Waals surface area contributed by atoms with Gasteiger partial charge in [0.2, 0.25) is 5.91 Å². The van der Waals surface area contributed by atoms with Crippen LogP contribution in [0.25, 0.3) is 0 Å². The van der Waals surface area contributed by atoms with Gasteiger partial charge < -0.3 is 15.1 Å². The Balaban J connectivity index is 1.60. The molecule has 1 spiro atoms. The third kappa shape index (κ3) is 4.64. The third-order valence-electron chi connectivity index (χ3n) is 8.53. The van der Waals surface area contributed by atoms with E-state index >= 15 is 0 Å². The molecule has 1 aliphatic heterocycles. The van der Waals surface area contributed by atoms with Gasteiger partial charge in [0.1, 0.15) is 6.54 Å². The summed E-state index contributed by atoms with van der Waals surface area (Å²) < 4.78 is 0. The number of carbonyl (C=O) groups is 2. The van der Waals surface area contributed by atoms with Crippen LogP contribution >= 0.6 is 0 Å². The van der Waals surface area contributed by atoms with Crippen molar-refractivity contribution in [1.82, 2.24) is 20.0 Å². The number of amides is 3. The summed E-state index contributed by atoms with van der Waals surface area (Å²) in [6, 6.07) is 11.0. The van der Waals surface area contributed by atoms with Gasteiger partial charge in [0, 0.05) is 32.2 Å². The summed E-state index contributed by atoms with van der Waals surface area (Å²) in [7, 11) is 3.92. The lowest BCUT2D eigenvalue weighted by Crippen LogP contribution is -2.57. The second kappa shape index (κ2) is 9.65. The van der Waals surface area contributed by atoms with Gasteiger partial charge in [-0.05, 0) is 63.0 Å². The normalized spacial score (nSPS) is 28.1. The molecular formula is C27H42N4O2. The van der Waals surface area contributed by atoms with E-state index < -0.39 is 0 Å². The smallest absolute Gasteiger partial charge is 0.321 e. The van der Waals surface area contributed by atoms with Crippen LogP contribution in [0.3, 0.4) is 0 Å². The molecule has 2 saturated carbocycles. The molecule has 1 saturated heterocycles. The summed E-state index contributed by atoms with van der Waals surface area (Å²) >= 11 is 0. The Bertz CT molecular complexity index is 828. The summed E-state index contributed by atoms with van der Waals surface area (Å²) in [6.07, 6.45) is 7.74. The average Bonchev–Trinajstić information content (AvgIpc) is 3.01. The summed E-state index contributed by atoms with van der Waals surface area (Å²) in [5.74, 6) is 1.13. The minimum atomic E-state index is -0.155. The summed E-state index contributed by atoms with van der Waals surface area (Å²) in [5, 5.41) is 2.69. The fourth-order valence-electron chi connectivity index (χ4n) is 6.38. The molecule has 3 aliphatic rings. The summed E-state index contributed by atoms with van der Waals surface area (Å²) in [6.45, 7) is 7.30. The minimum absolute atomic E-state index is 0.00379. The first-order valence-electron chi connectivity index (χ1n) is 12.8. The zero-order valence-corrected chi connectivity index (χ0v) is 21.0. The highest BCUT2D eigenvalue weighted by Gasteiger charge is 2.55. The number of nitrogens with zero attached hydrogens (tertiary/aromatic N) is 3. The Labute approximate surface area is 199 Å². The lowest BCUT2D eigenvalue weighted by molar-refractivity contribution is -0.121. The fourth-order valence-corrected chi connectivity index (χ4v) is 6.38. The van der Waals surface area contributed by atoms with E-state index in [1.807, 2.05) is 0 Å². The molecule has 1 aromatic rings. The van der Waals surface area contributed by atoms with Crippen LogP contribution in [-0.2, 0) is 10.3 Å². The molecule has 2 aliphatic carbocycles. The molecule has 0 radical (unpaired) electrons. The van der Waals surface area contributed by atoms with Crippen LogP contribution in [0.15, 0.2) is 30.3 Å². The Morgan fingerprint density at radius 2 is 1.82 bits per heavy atom. The van der Waals surface area contributed by atoms with E-state index in [4.69, 9.17) is 0 Å². The highest BCUT2D eigenvalue weighted by molar-refractivity contribution is 5.85. The first-order valence-corrected chi connectivity index (χ1v) is 12.8. The molecular weight excluding hydrogens is 412 g/mol. The van der Waals surface area contributed by atoms with Gasteiger partial charge in [-0.2, -0.15) is 0 Å². The molecule has 0 atom stereocenters. The van der Waals surface area contributed by atoms with Gasteiger partial charge in [0.05, 0.1) is 5.54 Å². The SMILES string of the molecule is CNC(=O)CN1C[C@]2(CC[C@@](c3ccccc3)(N(C)CC(C)C)CC2)N(CC2CCC2)C1=O. The Morgan fingerprint density at radius 1 is 1.15 bits per heavy atom. The fraction of sp³-hybridized carbons (Fsp3) is 0.704. The lowest BCUT2D eigenvalue weighted by Gasteiger charge is -2.52. The highest BCUT2D eigenvalue weighted by atomic mass is 16.2. The monoisotopic (exact) mass is 454 g/mol. The minimum Gasteiger partial charge on any atom is -0.358 e. The van der Waals surface area contributed by atoms with E-state index in [1.54, 1.807) is 11.9 Å². The number of likely N-dealkylation sites (N-methyl/N-ethyl adjacent to an activating group) is 1. The molecule has 33 heavy (non-hydrogen) atoms. The second-order valence-electron chi connectivity index (χ2n) is 11.1. The standard InChI is InChI=1S/C27H42N4O2/c1-21(2)17-29(4)27(23-11-6-5-7-12-23)15-13-26(14-16-27)20-30(19-24(32)28-3)25(33)31(26)18-22-9-8-10-22/h5-7,11-12,21-22H,8-10,13-20H2,1-4H3,(H,28,32)/t26-,27-. The van der Waals surface area contributed by atoms with Crippen molar-refractivity contribution in [1.29, 1.82) is 0 Å². The molecule has 0 bridgehead atoms. The predicted octanol–water partition coefficient (Wildman–Crippen LogP) is 4.07. The van der Waals surface area contributed by atoms with Crippen molar-refractivity contribution in [3.8, 4) is 0 Å². The van der Waals surface area contributed by atoms with Gasteiger partial charge in [-0.15, -0.1) is 0 Å². The number of hydrogen-bond donors (Lipinski definition) is 1. The third-order valence-corrected chi connectivity index (χ3v) is 8.53. The molecule has 0 unspecified atom stereocenters. The maximum absolute atomic E-state index is 13.5. The van der Waals surface area contributed by atoms with Crippen molar-refractivity contribution in [3.05, 3.63) is 35.9 Å². The first-order chi connectivity index (χ1) is 15.8. The molecule has 3 fully saturated rings. The van der Waals surface area contributed by atoms with E-state index in [9.17, 15) is 9.59 Å². The molecule has 6 heteroatoms. The number of rotatable bonds is 8. The molecule has 1 N–H and O–H groups in total. The lowest BCUT2D eigenvalue weighted by atomic mass is 9.67. The summed E-state index contributed by atoms with van der Waals surface area (Å²) in [4.78, 5) is 32.1. The van der Waals surface area contributed by atoms with E-state index in [1.165, 1.54) is 24.8 Å². The van der Waals surface area contributed by atoms with E-state index in [2.05, 4.69) is 66.3 Å². The number of nitrogens with one attached hydrogen (secondary N) is 1. The van der Waals surface area contributed by atoms with Gasteiger partial charge in [-0.25, -0.2) is 4.79 Å². The molecule has 1 heterocycles. The molecule has 4 rings (SSSR count). The van der Waals surface area contributed by atoms with Crippen molar-refractivity contribution >= 4 is 11.9 Å². The van der Waals surface area contributed by atoms with Crippen LogP contribution in [0.5, 0.6) is 0 Å². The summed E-state index contributed by atoms with van der Waals surface area (Å²) in [5.41, 5.74) is 1.23. The van der Waals surface area contributed by atoms with Crippen molar-refractivity contribution < 1.29 is 9.59 Å². The number of carbonyl (C=O) groups excluding carboxylic acids is 2. The van der Waals surface area contributed by atoms with Crippen molar-refractivity contribution in [2.24, 2.45) is 11.8 Å². The number of hydrogen-bond acceptors (Lipinski definition) is 3. The molecule has 3 amide bonds. The van der Waals surface area contributed by atoms with Crippen molar-refractivity contribution in [2.75, 3.05) is 40.3 Å². The second-order valence-corrected chi connectivity index (χ2v) is 11.1. The van der Waals surface area contributed by atoms with Crippen molar-refractivity contribution in [3.63, 3.8) is 0 Å². The molecule has 182 valence electrons. The van der Waals surface area contributed by atoms with Crippen LogP contribution in [0.2, 0.25) is 0 Å². The van der Waals surface area contributed by atoms with Crippen LogP contribution in [-0.4, -0.2) is 72.5 Å². The Morgan fingerprint density at radius 3 is 2.36 bits per heavy atom. The van der Waals surface area contributed by atoms with Gasteiger partial charge in [-0.1, -0.05) is 50.6 Å². The van der Waals surface area contributed by atoms with Crippen LogP contribution in [0.1, 0.15) is 64.4 Å². The van der Waals surface area contributed by atoms with Gasteiger partial charge in [0.25, 0.3) is 0 Å². The van der Waals surface area contributed by atoms with Crippen LogP contribution in [0.4, 0.5) is 4.79 Å². The predicted molar refractivity (Wildman–Crippen MR) is 132 cm³/mol. The quantitative estimate of drug-likeness (QED) is 0.644.